The van der Waals surface area contributed by atoms with Crippen LogP contribution >= 0.6 is 0 Å². The lowest BCUT2D eigenvalue weighted by molar-refractivity contribution is -0.121. The second kappa shape index (κ2) is 9.73. The van der Waals surface area contributed by atoms with Crippen molar-refractivity contribution in [2.75, 3.05) is 24.4 Å². The minimum atomic E-state index is -1.37. The van der Waals surface area contributed by atoms with Crippen LogP contribution in [0.15, 0.2) is 103 Å². The van der Waals surface area contributed by atoms with E-state index in [0.717, 1.165) is 11.3 Å². The standard InChI is InChI=1S/C35H28N2O5/c1-41-24-17-14-22(15-18-24)33(39)31-30(32(38)23-9-7-10-25(20-23)42-2)35(26-11-4-5-12-27(26)36-34(35)40)29-19-16-21-8-3-6-13-28(21)37(29)31/h3-20,29-31H,1-2H3,(H,36,40)/t29-,30+,31-,35-/m1/s1. The highest BCUT2D eigenvalue weighted by atomic mass is 16.5. The van der Waals surface area contributed by atoms with E-state index in [2.05, 4.69) is 5.32 Å². The highest BCUT2D eigenvalue weighted by Gasteiger charge is 2.70. The summed E-state index contributed by atoms with van der Waals surface area (Å²) in [6, 6.07) is 27.5. The first kappa shape index (κ1) is 25.8. The number of hydrogen-bond acceptors (Lipinski definition) is 6. The molecule has 1 spiro atoms. The number of ether oxygens (including phenoxy) is 2. The van der Waals surface area contributed by atoms with Crippen molar-refractivity contribution in [3.05, 3.63) is 125 Å². The smallest absolute Gasteiger partial charge is 0.238 e. The quantitative estimate of drug-likeness (QED) is 0.313. The Hall–Kier alpha value is -5.17. The molecule has 0 radical (unpaired) electrons. The summed E-state index contributed by atoms with van der Waals surface area (Å²) in [7, 11) is 3.11. The lowest BCUT2D eigenvalue weighted by Gasteiger charge is -2.37. The fourth-order valence-electron chi connectivity index (χ4n) is 7.00. The second-order valence-corrected chi connectivity index (χ2v) is 10.8. The first-order valence-corrected chi connectivity index (χ1v) is 13.8. The third-order valence-electron chi connectivity index (χ3n) is 8.82. The van der Waals surface area contributed by atoms with Gasteiger partial charge in [0, 0.05) is 22.5 Å². The van der Waals surface area contributed by atoms with E-state index >= 15 is 0 Å². The molecule has 4 aromatic rings. The molecule has 1 fully saturated rings. The first-order chi connectivity index (χ1) is 20.5. The summed E-state index contributed by atoms with van der Waals surface area (Å²) in [6.45, 7) is 0. The molecule has 1 amide bonds. The second-order valence-electron chi connectivity index (χ2n) is 10.8. The van der Waals surface area contributed by atoms with Crippen molar-refractivity contribution in [2.45, 2.75) is 17.5 Å². The number of nitrogens with one attached hydrogen (secondary N) is 1. The zero-order valence-electron chi connectivity index (χ0n) is 23.1. The van der Waals surface area contributed by atoms with Gasteiger partial charge in [0.2, 0.25) is 5.91 Å². The number of amides is 1. The number of carbonyl (C=O) groups excluding carboxylic acids is 3. The number of carbonyl (C=O) groups is 3. The van der Waals surface area contributed by atoms with Crippen molar-refractivity contribution in [2.24, 2.45) is 5.92 Å². The van der Waals surface area contributed by atoms with Gasteiger partial charge in [-0.25, -0.2) is 0 Å². The number of para-hydroxylation sites is 2. The average Bonchev–Trinajstić information content (AvgIpc) is 3.52. The Balaban J connectivity index is 1.52. The molecule has 3 aliphatic heterocycles. The molecule has 3 aliphatic rings. The van der Waals surface area contributed by atoms with Crippen molar-refractivity contribution in [3.63, 3.8) is 0 Å². The third-order valence-corrected chi connectivity index (χ3v) is 8.82. The number of Topliss-reactive ketones (excluding diaryl/α,β-unsaturated/α-hetero) is 2. The van der Waals surface area contributed by atoms with Crippen LogP contribution in [0.2, 0.25) is 0 Å². The van der Waals surface area contributed by atoms with Gasteiger partial charge in [0.05, 0.1) is 26.2 Å². The van der Waals surface area contributed by atoms with Gasteiger partial charge >= 0.3 is 0 Å². The zero-order chi connectivity index (χ0) is 29.0. The monoisotopic (exact) mass is 556 g/mol. The topological polar surface area (TPSA) is 84.9 Å². The number of anilines is 2. The Morgan fingerprint density at radius 2 is 1.52 bits per heavy atom. The molecule has 7 rings (SSSR count). The number of ketones is 2. The molecule has 4 aromatic carbocycles. The Labute approximate surface area is 243 Å². The molecular formula is C35H28N2O5. The van der Waals surface area contributed by atoms with Gasteiger partial charge in [-0.2, -0.15) is 0 Å². The van der Waals surface area contributed by atoms with Gasteiger partial charge in [-0.05, 0) is 59.7 Å². The van der Waals surface area contributed by atoms with Crippen molar-refractivity contribution >= 4 is 34.9 Å². The van der Waals surface area contributed by atoms with E-state index in [-0.39, 0.29) is 17.5 Å². The Morgan fingerprint density at radius 3 is 2.31 bits per heavy atom. The molecule has 4 atom stereocenters. The molecule has 3 heterocycles. The van der Waals surface area contributed by atoms with Crippen LogP contribution in [0.1, 0.15) is 31.8 Å². The number of rotatable bonds is 6. The summed E-state index contributed by atoms with van der Waals surface area (Å²) in [6.07, 6.45) is 3.96. The van der Waals surface area contributed by atoms with Gasteiger partial charge in [-0.3, -0.25) is 14.4 Å². The van der Waals surface area contributed by atoms with Gasteiger partial charge in [-0.15, -0.1) is 0 Å². The van der Waals surface area contributed by atoms with Crippen LogP contribution in [-0.4, -0.2) is 43.8 Å². The molecule has 0 bridgehead atoms. The van der Waals surface area contributed by atoms with E-state index in [9.17, 15) is 14.4 Å². The summed E-state index contributed by atoms with van der Waals surface area (Å²) in [5.41, 5.74) is 2.51. The SMILES string of the molecule is COc1ccc(C(=O)[C@H]2[C@@H](C(=O)c3cccc(OC)c3)[C@]3(C(=O)Nc4ccccc43)[C@H]3C=Cc4ccccc4N23)cc1. The van der Waals surface area contributed by atoms with Gasteiger partial charge in [-0.1, -0.05) is 60.7 Å². The Bertz CT molecular complexity index is 1780. The number of nitrogens with zero attached hydrogens (tertiary/aromatic N) is 1. The molecule has 0 aliphatic carbocycles. The zero-order valence-corrected chi connectivity index (χ0v) is 23.1. The van der Waals surface area contributed by atoms with Crippen LogP contribution in [0.3, 0.4) is 0 Å². The van der Waals surface area contributed by atoms with Crippen molar-refractivity contribution < 1.29 is 23.9 Å². The molecular weight excluding hydrogens is 528 g/mol. The van der Waals surface area contributed by atoms with Crippen molar-refractivity contribution in [3.8, 4) is 11.5 Å². The van der Waals surface area contributed by atoms with E-state index in [0.29, 0.717) is 33.9 Å². The van der Waals surface area contributed by atoms with Gasteiger partial charge in [0.25, 0.3) is 0 Å². The highest BCUT2D eigenvalue weighted by molar-refractivity contribution is 6.18. The summed E-state index contributed by atoms with van der Waals surface area (Å²) in [5.74, 6) is -0.759. The maximum Gasteiger partial charge on any atom is 0.238 e. The number of hydrogen-bond donors (Lipinski definition) is 1. The fourth-order valence-corrected chi connectivity index (χ4v) is 7.00. The lowest BCUT2D eigenvalue weighted by Crippen LogP contribution is -2.51. The molecule has 42 heavy (non-hydrogen) atoms. The maximum atomic E-state index is 14.9. The van der Waals surface area contributed by atoms with Gasteiger partial charge in [0.1, 0.15) is 23.0 Å². The minimum absolute atomic E-state index is 0.247. The first-order valence-electron chi connectivity index (χ1n) is 13.8. The average molecular weight is 557 g/mol. The molecule has 1 N–H and O–H groups in total. The Morgan fingerprint density at radius 1 is 0.786 bits per heavy atom. The van der Waals surface area contributed by atoms with E-state index in [1.54, 1.807) is 62.8 Å². The summed E-state index contributed by atoms with van der Waals surface area (Å²) in [4.78, 5) is 46.0. The van der Waals surface area contributed by atoms with Crippen LogP contribution in [0.25, 0.3) is 6.08 Å². The predicted molar refractivity (Wildman–Crippen MR) is 160 cm³/mol. The fraction of sp³-hybridized carbons (Fsp3) is 0.171. The third kappa shape index (κ3) is 3.56. The predicted octanol–water partition coefficient (Wildman–Crippen LogP) is 5.56. The van der Waals surface area contributed by atoms with E-state index in [1.807, 2.05) is 65.6 Å². The van der Waals surface area contributed by atoms with E-state index in [4.69, 9.17) is 9.47 Å². The molecule has 7 heteroatoms. The molecule has 0 aromatic heterocycles. The van der Waals surface area contributed by atoms with E-state index < -0.39 is 23.4 Å². The van der Waals surface area contributed by atoms with Crippen molar-refractivity contribution in [1.82, 2.24) is 0 Å². The number of methoxy groups -OCH3 is 2. The van der Waals surface area contributed by atoms with Gasteiger partial charge < -0.3 is 19.7 Å². The van der Waals surface area contributed by atoms with E-state index in [1.165, 1.54) is 0 Å². The maximum absolute atomic E-state index is 14.9. The molecule has 1 saturated heterocycles. The highest BCUT2D eigenvalue weighted by Crippen LogP contribution is 2.58. The molecule has 0 unspecified atom stereocenters. The summed E-state index contributed by atoms with van der Waals surface area (Å²) >= 11 is 0. The van der Waals surface area contributed by atoms with Crippen LogP contribution < -0.4 is 19.7 Å². The largest absolute Gasteiger partial charge is 0.497 e. The van der Waals surface area contributed by atoms with Crippen LogP contribution in [0, 0.1) is 5.92 Å². The number of benzene rings is 4. The summed E-state index contributed by atoms with van der Waals surface area (Å²) < 4.78 is 10.8. The molecule has 7 nitrogen and oxygen atoms in total. The van der Waals surface area contributed by atoms with Crippen molar-refractivity contribution in [1.29, 1.82) is 0 Å². The lowest BCUT2D eigenvalue weighted by atomic mass is 9.64. The van der Waals surface area contributed by atoms with Crippen LogP contribution in [-0.2, 0) is 10.2 Å². The Kier molecular flexibility index (Phi) is 5.97. The molecule has 0 saturated carbocycles. The van der Waals surface area contributed by atoms with Gasteiger partial charge in [0.15, 0.2) is 11.6 Å². The minimum Gasteiger partial charge on any atom is -0.497 e. The summed E-state index contributed by atoms with van der Waals surface area (Å²) in [5, 5.41) is 3.06. The molecule has 208 valence electrons. The normalized spacial score (nSPS) is 23.1. The van der Waals surface area contributed by atoms with Crippen LogP contribution in [0.5, 0.6) is 11.5 Å². The van der Waals surface area contributed by atoms with Crippen LogP contribution in [0.4, 0.5) is 11.4 Å². The number of fused-ring (bicyclic) bond motifs is 6.